The molecule has 0 saturated carbocycles. The molecule has 1 amide bonds. The monoisotopic (exact) mass is 539 g/mol. The second-order valence-electron chi connectivity index (χ2n) is 9.59. The number of sulfonamides is 1. The number of carbonyl (C=O) groups is 1. The molecule has 0 bridgehead atoms. The number of benzene rings is 2. The lowest BCUT2D eigenvalue weighted by molar-refractivity contribution is 0.0983. The molecule has 0 radical (unpaired) electrons. The quantitative estimate of drug-likeness (QED) is 0.312. The lowest BCUT2D eigenvalue weighted by Crippen LogP contribution is -2.42. The Bertz CT molecular complexity index is 1490. The molecule has 1 aliphatic rings. The summed E-state index contributed by atoms with van der Waals surface area (Å²) in [6.07, 6.45) is 2.58. The van der Waals surface area contributed by atoms with Gasteiger partial charge in [-0.3, -0.25) is 9.69 Å². The van der Waals surface area contributed by atoms with Crippen molar-refractivity contribution in [2.24, 2.45) is 11.8 Å². The molecule has 2 aromatic carbocycles. The van der Waals surface area contributed by atoms with E-state index in [0.29, 0.717) is 47.1 Å². The number of anilines is 1. The van der Waals surface area contributed by atoms with E-state index in [-0.39, 0.29) is 17.3 Å². The zero-order chi connectivity index (χ0) is 26.2. The molecule has 1 saturated heterocycles. The molecule has 2 atom stereocenters. The average Bonchev–Trinajstić information content (AvgIpc) is 3.55. The Morgan fingerprint density at radius 2 is 1.86 bits per heavy atom. The number of hydrogen-bond donors (Lipinski definition) is 0. The zero-order valence-electron chi connectivity index (χ0n) is 21.0. The van der Waals surface area contributed by atoms with Crippen molar-refractivity contribution < 1.29 is 22.4 Å². The Morgan fingerprint density at radius 3 is 2.51 bits per heavy atom. The number of aromatic nitrogens is 1. The molecule has 3 heterocycles. The minimum absolute atomic E-state index is 0.187. The van der Waals surface area contributed by atoms with Crippen LogP contribution in [0.4, 0.5) is 5.13 Å². The molecular formula is C27H29N3O5S2. The maximum absolute atomic E-state index is 13.7. The van der Waals surface area contributed by atoms with Crippen molar-refractivity contribution in [3.63, 3.8) is 0 Å². The fourth-order valence-electron chi connectivity index (χ4n) is 4.80. The van der Waals surface area contributed by atoms with Crippen LogP contribution in [-0.2, 0) is 16.6 Å². The summed E-state index contributed by atoms with van der Waals surface area (Å²) in [4.78, 5) is 20.1. The Kier molecular flexibility index (Phi) is 7.06. The number of hydrogen-bond acceptors (Lipinski definition) is 7. The van der Waals surface area contributed by atoms with E-state index in [1.807, 2.05) is 18.2 Å². The SMILES string of the molecule is COc1ccc2nc(N(Cc3ccco3)C(=O)c3ccc(S(=O)(=O)N4CC(C)CC(C)C4)cc3)sc2c1. The second kappa shape index (κ2) is 10.3. The molecule has 4 aromatic rings. The number of rotatable bonds is 7. The van der Waals surface area contributed by atoms with Gasteiger partial charge in [0.1, 0.15) is 11.5 Å². The highest BCUT2D eigenvalue weighted by molar-refractivity contribution is 7.89. The van der Waals surface area contributed by atoms with Gasteiger partial charge in [0.15, 0.2) is 5.13 Å². The first-order valence-electron chi connectivity index (χ1n) is 12.1. The van der Waals surface area contributed by atoms with E-state index in [1.165, 1.54) is 23.5 Å². The van der Waals surface area contributed by atoms with Crippen LogP contribution >= 0.6 is 11.3 Å². The summed E-state index contributed by atoms with van der Waals surface area (Å²) < 4.78 is 39.8. The Balaban J connectivity index is 1.44. The van der Waals surface area contributed by atoms with E-state index >= 15 is 0 Å². The number of furan rings is 1. The zero-order valence-corrected chi connectivity index (χ0v) is 22.6. The number of ether oxygens (including phenoxy) is 1. The van der Waals surface area contributed by atoms with Crippen LogP contribution in [0.15, 0.2) is 70.2 Å². The van der Waals surface area contributed by atoms with E-state index in [2.05, 4.69) is 18.8 Å². The minimum atomic E-state index is -3.64. The van der Waals surface area contributed by atoms with E-state index in [9.17, 15) is 13.2 Å². The smallest absolute Gasteiger partial charge is 0.260 e. The van der Waals surface area contributed by atoms with Crippen molar-refractivity contribution in [2.45, 2.75) is 31.7 Å². The standard InChI is InChI=1S/C27H29N3O5S2/c1-18-13-19(2)16-29(15-18)37(32,33)23-9-6-20(7-10-23)26(31)30(17-22-5-4-12-35-22)27-28-24-11-8-21(34-3)14-25(24)36-27/h4-12,14,18-19H,13,15-17H2,1-3H3. The summed E-state index contributed by atoms with van der Waals surface area (Å²) in [5.41, 5.74) is 1.12. The molecule has 1 fully saturated rings. The molecule has 10 heteroatoms. The normalized spacial score (nSPS) is 18.7. The largest absolute Gasteiger partial charge is 0.497 e. The summed E-state index contributed by atoms with van der Waals surface area (Å²) in [5.74, 6) is 1.64. The first-order chi connectivity index (χ1) is 17.7. The third kappa shape index (κ3) is 5.27. The number of amides is 1. The molecule has 2 unspecified atom stereocenters. The highest BCUT2D eigenvalue weighted by atomic mass is 32.2. The molecule has 2 aromatic heterocycles. The number of methoxy groups -OCH3 is 1. The van der Waals surface area contributed by atoms with Crippen molar-refractivity contribution in [3.05, 3.63) is 72.2 Å². The number of thiazole rings is 1. The molecule has 37 heavy (non-hydrogen) atoms. The molecule has 5 rings (SSSR count). The van der Waals surface area contributed by atoms with Gasteiger partial charge in [-0.2, -0.15) is 4.31 Å². The van der Waals surface area contributed by atoms with Crippen LogP contribution in [0.2, 0.25) is 0 Å². The first kappa shape index (κ1) is 25.4. The van der Waals surface area contributed by atoms with Crippen LogP contribution in [0.3, 0.4) is 0 Å². The lowest BCUT2D eigenvalue weighted by atomic mass is 9.94. The van der Waals surface area contributed by atoms with Crippen molar-refractivity contribution in [2.75, 3.05) is 25.1 Å². The van der Waals surface area contributed by atoms with Gasteiger partial charge < -0.3 is 9.15 Å². The van der Waals surface area contributed by atoms with Crippen LogP contribution in [-0.4, -0.2) is 43.8 Å². The van der Waals surface area contributed by atoms with Gasteiger partial charge in [-0.05, 0) is 72.9 Å². The predicted octanol–water partition coefficient (Wildman–Crippen LogP) is 5.41. The number of nitrogens with zero attached hydrogens (tertiary/aromatic N) is 3. The summed E-state index contributed by atoms with van der Waals surface area (Å²) in [5, 5.41) is 0.512. The van der Waals surface area contributed by atoms with E-state index in [4.69, 9.17) is 9.15 Å². The van der Waals surface area contributed by atoms with Gasteiger partial charge in [-0.25, -0.2) is 13.4 Å². The fraction of sp³-hybridized carbons (Fsp3) is 0.333. The Hall–Kier alpha value is -3.21. The molecule has 0 spiro atoms. The van der Waals surface area contributed by atoms with Gasteiger partial charge in [-0.1, -0.05) is 25.2 Å². The highest BCUT2D eigenvalue weighted by Crippen LogP contribution is 2.33. The molecular weight excluding hydrogens is 510 g/mol. The molecule has 1 aliphatic heterocycles. The summed E-state index contributed by atoms with van der Waals surface area (Å²) >= 11 is 1.38. The van der Waals surface area contributed by atoms with Crippen LogP contribution in [0.1, 0.15) is 36.4 Å². The molecule has 8 nitrogen and oxygen atoms in total. The van der Waals surface area contributed by atoms with Crippen LogP contribution < -0.4 is 9.64 Å². The summed E-state index contributed by atoms with van der Waals surface area (Å²) in [6, 6.07) is 15.3. The molecule has 0 aliphatic carbocycles. The Morgan fingerprint density at radius 1 is 1.14 bits per heavy atom. The maximum atomic E-state index is 13.7. The third-order valence-corrected chi connectivity index (χ3v) is 9.42. The van der Waals surface area contributed by atoms with E-state index in [0.717, 1.165) is 16.6 Å². The minimum Gasteiger partial charge on any atom is -0.497 e. The van der Waals surface area contributed by atoms with E-state index in [1.54, 1.807) is 46.8 Å². The lowest BCUT2D eigenvalue weighted by Gasteiger charge is -2.34. The van der Waals surface area contributed by atoms with Crippen molar-refractivity contribution >= 4 is 42.6 Å². The van der Waals surface area contributed by atoms with Crippen molar-refractivity contribution in [3.8, 4) is 5.75 Å². The average molecular weight is 540 g/mol. The maximum Gasteiger partial charge on any atom is 0.260 e. The number of carbonyl (C=O) groups excluding carboxylic acids is 1. The van der Waals surface area contributed by atoms with Crippen molar-refractivity contribution in [1.29, 1.82) is 0 Å². The number of fused-ring (bicyclic) bond motifs is 1. The van der Waals surface area contributed by atoms with Gasteiger partial charge in [0, 0.05) is 18.7 Å². The van der Waals surface area contributed by atoms with Gasteiger partial charge >= 0.3 is 0 Å². The van der Waals surface area contributed by atoms with Gasteiger partial charge in [0.25, 0.3) is 5.91 Å². The van der Waals surface area contributed by atoms with E-state index < -0.39 is 10.0 Å². The molecule has 194 valence electrons. The third-order valence-electron chi connectivity index (χ3n) is 6.53. The summed E-state index contributed by atoms with van der Waals surface area (Å²) in [7, 11) is -2.03. The van der Waals surface area contributed by atoms with Gasteiger partial charge in [0.2, 0.25) is 10.0 Å². The number of piperidine rings is 1. The van der Waals surface area contributed by atoms with Gasteiger partial charge in [-0.15, -0.1) is 0 Å². The predicted molar refractivity (Wildman–Crippen MR) is 144 cm³/mol. The van der Waals surface area contributed by atoms with Gasteiger partial charge in [0.05, 0.1) is 35.0 Å². The topological polar surface area (TPSA) is 93.0 Å². The van der Waals surface area contributed by atoms with Crippen LogP contribution in [0.5, 0.6) is 5.75 Å². The van der Waals surface area contributed by atoms with Crippen molar-refractivity contribution in [1.82, 2.24) is 9.29 Å². The Labute approximate surface area is 220 Å². The first-order valence-corrected chi connectivity index (χ1v) is 14.4. The van der Waals surface area contributed by atoms with Crippen LogP contribution in [0, 0.1) is 11.8 Å². The molecule has 0 N–H and O–H groups in total. The second-order valence-corrected chi connectivity index (χ2v) is 12.5. The highest BCUT2D eigenvalue weighted by Gasteiger charge is 2.32. The summed E-state index contributed by atoms with van der Waals surface area (Å²) in [6.45, 7) is 5.35. The van der Waals surface area contributed by atoms with Crippen LogP contribution in [0.25, 0.3) is 10.2 Å². The fourth-order valence-corrected chi connectivity index (χ4v) is 7.47.